The number of aromatic carboxylic acids is 1. The Hall–Kier alpha value is -2.28. The standard InChI is InChI=1S/C13H12BrN3O3/c1-20-8-2-3-10(14)11(5-8)17-12-9(13(18)19)4-7(15)6-16-12/h2-6H,15H2,1H3,(H,16,17)(H,18,19). The highest BCUT2D eigenvalue weighted by atomic mass is 79.9. The summed E-state index contributed by atoms with van der Waals surface area (Å²) in [5, 5.41) is 12.1. The maximum absolute atomic E-state index is 11.2. The molecule has 0 bridgehead atoms. The number of carboxylic acid groups (broad SMARTS) is 1. The minimum absolute atomic E-state index is 0.000259. The Morgan fingerprint density at radius 1 is 1.45 bits per heavy atom. The fourth-order valence-electron chi connectivity index (χ4n) is 1.60. The van der Waals surface area contributed by atoms with E-state index in [1.54, 1.807) is 25.3 Å². The molecule has 0 unspecified atom stereocenters. The van der Waals surface area contributed by atoms with E-state index in [0.29, 0.717) is 11.4 Å². The van der Waals surface area contributed by atoms with Gasteiger partial charge in [0.2, 0.25) is 0 Å². The molecule has 0 saturated heterocycles. The molecule has 1 heterocycles. The summed E-state index contributed by atoms with van der Waals surface area (Å²) in [6, 6.07) is 6.65. The molecule has 4 N–H and O–H groups in total. The third kappa shape index (κ3) is 3.00. The van der Waals surface area contributed by atoms with Gasteiger partial charge < -0.3 is 20.9 Å². The second-order valence-corrected chi connectivity index (χ2v) is 4.80. The van der Waals surface area contributed by atoms with Gasteiger partial charge in [-0.15, -0.1) is 0 Å². The molecule has 2 rings (SSSR count). The van der Waals surface area contributed by atoms with Gasteiger partial charge in [-0.2, -0.15) is 0 Å². The number of carbonyl (C=O) groups is 1. The molecule has 0 amide bonds. The summed E-state index contributed by atoms with van der Waals surface area (Å²) >= 11 is 3.38. The summed E-state index contributed by atoms with van der Waals surface area (Å²) < 4.78 is 5.88. The Labute approximate surface area is 123 Å². The first-order valence-corrected chi connectivity index (χ1v) is 6.40. The van der Waals surface area contributed by atoms with Crippen molar-refractivity contribution in [1.82, 2.24) is 4.98 Å². The lowest BCUT2D eigenvalue weighted by atomic mass is 10.2. The van der Waals surface area contributed by atoms with E-state index in [2.05, 4.69) is 26.2 Å². The van der Waals surface area contributed by atoms with Crippen molar-refractivity contribution in [3.63, 3.8) is 0 Å². The molecular formula is C13H12BrN3O3. The fraction of sp³-hybridized carbons (Fsp3) is 0.0769. The van der Waals surface area contributed by atoms with Crippen LogP contribution < -0.4 is 15.8 Å². The second kappa shape index (κ2) is 5.79. The number of carboxylic acids is 1. The number of methoxy groups -OCH3 is 1. The zero-order valence-corrected chi connectivity index (χ0v) is 12.1. The van der Waals surface area contributed by atoms with Gasteiger partial charge in [-0.05, 0) is 34.1 Å². The van der Waals surface area contributed by atoms with E-state index in [1.165, 1.54) is 12.3 Å². The highest BCUT2D eigenvalue weighted by molar-refractivity contribution is 9.10. The van der Waals surface area contributed by atoms with Crippen molar-refractivity contribution in [2.45, 2.75) is 0 Å². The van der Waals surface area contributed by atoms with Crippen LogP contribution in [-0.4, -0.2) is 23.2 Å². The normalized spacial score (nSPS) is 10.1. The number of ether oxygens (including phenoxy) is 1. The summed E-state index contributed by atoms with van der Waals surface area (Å²) in [5.41, 5.74) is 6.48. The number of pyridine rings is 1. The van der Waals surface area contributed by atoms with E-state index in [9.17, 15) is 4.79 Å². The van der Waals surface area contributed by atoms with Crippen molar-refractivity contribution in [3.05, 3.63) is 40.5 Å². The van der Waals surface area contributed by atoms with Crippen molar-refractivity contribution in [2.75, 3.05) is 18.2 Å². The number of anilines is 3. The smallest absolute Gasteiger partial charge is 0.339 e. The van der Waals surface area contributed by atoms with Gasteiger partial charge in [0.05, 0.1) is 24.7 Å². The highest BCUT2D eigenvalue weighted by Gasteiger charge is 2.13. The van der Waals surface area contributed by atoms with E-state index < -0.39 is 5.97 Å². The average molecular weight is 338 g/mol. The molecule has 7 heteroatoms. The minimum atomic E-state index is -1.11. The van der Waals surface area contributed by atoms with E-state index in [1.807, 2.05) is 0 Å². The maximum Gasteiger partial charge on any atom is 0.339 e. The van der Waals surface area contributed by atoms with Crippen molar-refractivity contribution in [2.24, 2.45) is 0 Å². The van der Waals surface area contributed by atoms with Gasteiger partial charge in [0.1, 0.15) is 17.1 Å². The quantitative estimate of drug-likeness (QED) is 0.793. The molecule has 20 heavy (non-hydrogen) atoms. The predicted octanol–water partition coefficient (Wildman–Crippen LogP) is 2.88. The average Bonchev–Trinajstić information content (AvgIpc) is 2.42. The lowest BCUT2D eigenvalue weighted by Gasteiger charge is -2.12. The molecule has 1 aromatic heterocycles. The van der Waals surface area contributed by atoms with E-state index >= 15 is 0 Å². The lowest BCUT2D eigenvalue weighted by Crippen LogP contribution is -2.06. The van der Waals surface area contributed by atoms with Gasteiger partial charge in [0, 0.05) is 10.5 Å². The topological polar surface area (TPSA) is 97.5 Å². The molecule has 0 radical (unpaired) electrons. The zero-order valence-electron chi connectivity index (χ0n) is 10.6. The van der Waals surface area contributed by atoms with Crippen LogP contribution in [0, 0.1) is 0 Å². The Morgan fingerprint density at radius 3 is 2.85 bits per heavy atom. The third-order valence-electron chi connectivity index (χ3n) is 2.57. The first-order valence-electron chi connectivity index (χ1n) is 5.60. The minimum Gasteiger partial charge on any atom is -0.497 e. The van der Waals surface area contributed by atoms with Crippen molar-refractivity contribution in [3.8, 4) is 5.75 Å². The van der Waals surface area contributed by atoms with Crippen LogP contribution in [0.4, 0.5) is 17.2 Å². The number of hydrogen-bond donors (Lipinski definition) is 3. The van der Waals surface area contributed by atoms with Crippen LogP contribution in [0.2, 0.25) is 0 Å². The van der Waals surface area contributed by atoms with Crippen molar-refractivity contribution >= 4 is 39.1 Å². The molecule has 0 aliphatic heterocycles. The number of nitrogens with zero attached hydrogens (tertiary/aromatic N) is 1. The van der Waals surface area contributed by atoms with E-state index in [-0.39, 0.29) is 17.1 Å². The van der Waals surface area contributed by atoms with Crippen LogP contribution in [0.5, 0.6) is 5.75 Å². The van der Waals surface area contributed by atoms with Gasteiger partial charge in [0.15, 0.2) is 0 Å². The molecular weight excluding hydrogens is 326 g/mol. The summed E-state index contributed by atoms with van der Waals surface area (Å²) in [6.45, 7) is 0. The van der Waals surface area contributed by atoms with Gasteiger partial charge >= 0.3 is 5.97 Å². The zero-order chi connectivity index (χ0) is 14.7. The van der Waals surface area contributed by atoms with Gasteiger partial charge in [-0.3, -0.25) is 0 Å². The number of rotatable bonds is 4. The highest BCUT2D eigenvalue weighted by Crippen LogP contribution is 2.30. The summed E-state index contributed by atoms with van der Waals surface area (Å²) in [7, 11) is 1.55. The molecule has 2 aromatic rings. The van der Waals surface area contributed by atoms with Crippen molar-refractivity contribution < 1.29 is 14.6 Å². The summed E-state index contributed by atoms with van der Waals surface area (Å²) in [4.78, 5) is 15.2. The van der Waals surface area contributed by atoms with E-state index in [4.69, 9.17) is 15.6 Å². The SMILES string of the molecule is COc1ccc(Br)c(Nc2ncc(N)cc2C(=O)O)c1. The number of aromatic nitrogens is 1. The van der Waals surface area contributed by atoms with Crippen molar-refractivity contribution in [1.29, 1.82) is 0 Å². The summed E-state index contributed by atoms with van der Waals surface area (Å²) in [6.07, 6.45) is 1.39. The first-order chi connectivity index (χ1) is 9.51. The molecule has 0 aliphatic carbocycles. The van der Waals surface area contributed by atoms with Crippen LogP contribution in [0.3, 0.4) is 0 Å². The van der Waals surface area contributed by atoms with Crippen LogP contribution in [0.25, 0.3) is 0 Å². The van der Waals surface area contributed by atoms with Gasteiger partial charge in [0.25, 0.3) is 0 Å². The molecule has 104 valence electrons. The fourth-order valence-corrected chi connectivity index (χ4v) is 1.94. The Bertz CT molecular complexity index is 661. The molecule has 0 atom stereocenters. The number of nitrogen functional groups attached to an aromatic ring is 1. The molecule has 0 saturated carbocycles. The number of hydrogen-bond acceptors (Lipinski definition) is 5. The van der Waals surface area contributed by atoms with Crippen LogP contribution in [0.15, 0.2) is 34.9 Å². The number of halogens is 1. The Morgan fingerprint density at radius 2 is 2.20 bits per heavy atom. The molecule has 1 aromatic carbocycles. The predicted molar refractivity (Wildman–Crippen MR) is 79.6 cm³/mol. The summed E-state index contributed by atoms with van der Waals surface area (Å²) in [5.74, 6) is -0.255. The largest absolute Gasteiger partial charge is 0.497 e. The van der Waals surface area contributed by atoms with Gasteiger partial charge in [-0.25, -0.2) is 9.78 Å². The van der Waals surface area contributed by atoms with Crippen LogP contribution in [-0.2, 0) is 0 Å². The Balaban J connectivity index is 2.42. The van der Waals surface area contributed by atoms with E-state index in [0.717, 1.165) is 4.47 Å². The van der Waals surface area contributed by atoms with Crippen LogP contribution >= 0.6 is 15.9 Å². The maximum atomic E-state index is 11.2. The van der Waals surface area contributed by atoms with Crippen LogP contribution in [0.1, 0.15) is 10.4 Å². The Kier molecular flexibility index (Phi) is 4.09. The van der Waals surface area contributed by atoms with Gasteiger partial charge in [-0.1, -0.05) is 0 Å². The molecule has 0 aliphatic rings. The molecule has 0 fully saturated rings. The first kappa shape index (κ1) is 14.1. The number of nitrogens with two attached hydrogens (primary N) is 1. The number of nitrogens with one attached hydrogen (secondary N) is 1. The monoisotopic (exact) mass is 337 g/mol. The third-order valence-corrected chi connectivity index (χ3v) is 3.26. The lowest BCUT2D eigenvalue weighted by molar-refractivity contribution is 0.0697. The number of benzene rings is 1. The molecule has 0 spiro atoms. The second-order valence-electron chi connectivity index (χ2n) is 3.94. The molecule has 6 nitrogen and oxygen atoms in total.